The lowest BCUT2D eigenvalue weighted by atomic mass is 9.74. The van der Waals surface area contributed by atoms with Crippen molar-refractivity contribution in [3.63, 3.8) is 0 Å². The molecule has 0 radical (unpaired) electrons. The van der Waals surface area contributed by atoms with E-state index in [1.54, 1.807) is 14.2 Å². The van der Waals surface area contributed by atoms with Gasteiger partial charge in [-0.05, 0) is 44.1 Å². The quantitative estimate of drug-likeness (QED) is 0.707. The summed E-state index contributed by atoms with van der Waals surface area (Å²) in [5.74, 6) is 1.72. The summed E-state index contributed by atoms with van der Waals surface area (Å²) in [6, 6.07) is 0.735. The van der Waals surface area contributed by atoms with Crippen LogP contribution in [0.4, 0.5) is 0 Å². The third-order valence-electron chi connectivity index (χ3n) is 4.35. The van der Waals surface area contributed by atoms with Crippen molar-refractivity contribution in [1.82, 2.24) is 4.57 Å². The first kappa shape index (κ1) is 12.6. The molecule has 2 rings (SSSR count). The molecule has 0 N–H and O–H groups in total. The van der Waals surface area contributed by atoms with Crippen molar-refractivity contribution in [3.05, 3.63) is 0 Å². The van der Waals surface area contributed by atoms with Crippen LogP contribution in [0.25, 0.3) is 0 Å². The summed E-state index contributed by atoms with van der Waals surface area (Å²) in [6.07, 6.45) is 6.96. The van der Waals surface area contributed by atoms with Crippen LogP contribution in [-0.4, -0.2) is 40.8 Å². The van der Waals surface area contributed by atoms with Crippen LogP contribution in [0.15, 0.2) is 0 Å². The largest absolute Gasteiger partial charge is 0.410 e. The lowest BCUT2D eigenvalue weighted by Gasteiger charge is -2.48. The molecule has 3 unspecified atom stereocenters. The third kappa shape index (κ3) is 2.35. The molecule has 0 aromatic heterocycles. The number of piperidine rings is 1. The molecule has 0 spiro atoms. The van der Waals surface area contributed by atoms with Crippen LogP contribution in [0, 0.1) is 11.8 Å². The van der Waals surface area contributed by atoms with Crippen LogP contribution >= 0.6 is 0 Å². The Balaban J connectivity index is 2.10. The van der Waals surface area contributed by atoms with Crippen molar-refractivity contribution in [2.45, 2.75) is 45.1 Å². The number of hydrogen-bond acceptors (Lipinski definition) is 3. The fourth-order valence-corrected chi connectivity index (χ4v) is 5.66. The Morgan fingerprint density at radius 2 is 1.75 bits per heavy atom. The lowest BCUT2D eigenvalue weighted by molar-refractivity contribution is 0.0455. The molecule has 16 heavy (non-hydrogen) atoms. The predicted octanol–water partition coefficient (Wildman–Crippen LogP) is 1.90. The first-order valence-electron chi connectivity index (χ1n) is 6.59. The highest BCUT2D eigenvalue weighted by Gasteiger charge is 2.41. The maximum atomic E-state index is 5.58. The van der Waals surface area contributed by atoms with E-state index in [9.17, 15) is 0 Å². The first-order valence-corrected chi connectivity index (χ1v) is 8.05. The zero-order valence-electron chi connectivity index (χ0n) is 10.8. The van der Waals surface area contributed by atoms with Crippen molar-refractivity contribution in [2.75, 3.05) is 20.8 Å². The number of fused-ring (bicyclic) bond motifs is 1. The molecular weight excluding hydrogens is 218 g/mol. The SMILES string of the molecule is CO[SiH](OC)N1CCCC2CCCC(C)C21. The zero-order chi connectivity index (χ0) is 11.5. The fraction of sp³-hybridized carbons (Fsp3) is 1.00. The summed E-state index contributed by atoms with van der Waals surface area (Å²) in [5, 5.41) is 0. The van der Waals surface area contributed by atoms with E-state index >= 15 is 0 Å². The normalized spacial score (nSPS) is 36.4. The first-order chi connectivity index (χ1) is 7.77. The van der Waals surface area contributed by atoms with Crippen molar-refractivity contribution in [3.8, 4) is 0 Å². The molecule has 2 aliphatic rings. The van der Waals surface area contributed by atoms with Crippen LogP contribution in [0.5, 0.6) is 0 Å². The topological polar surface area (TPSA) is 21.7 Å². The van der Waals surface area contributed by atoms with Crippen molar-refractivity contribution in [2.24, 2.45) is 11.8 Å². The van der Waals surface area contributed by atoms with Gasteiger partial charge in [0.25, 0.3) is 0 Å². The second kappa shape index (κ2) is 5.62. The summed E-state index contributed by atoms with van der Waals surface area (Å²) in [7, 11) is 2.03. The summed E-state index contributed by atoms with van der Waals surface area (Å²) < 4.78 is 13.7. The van der Waals surface area contributed by atoms with Gasteiger partial charge in [0.15, 0.2) is 0 Å². The molecule has 3 nitrogen and oxygen atoms in total. The zero-order valence-corrected chi connectivity index (χ0v) is 12.0. The maximum absolute atomic E-state index is 5.58. The van der Waals surface area contributed by atoms with Crippen LogP contribution in [0.1, 0.15) is 39.0 Å². The Morgan fingerprint density at radius 1 is 1.06 bits per heavy atom. The van der Waals surface area contributed by atoms with E-state index < -0.39 is 9.45 Å². The molecule has 4 heteroatoms. The van der Waals surface area contributed by atoms with Crippen molar-refractivity contribution in [1.29, 1.82) is 0 Å². The average molecular weight is 243 g/mol. The fourth-order valence-electron chi connectivity index (χ4n) is 3.72. The molecule has 3 atom stereocenters. The summed E-state index contributed by atoms with van der Waals surface area (Å²) >= 11 is 0. The van der Waals surface area contributed by atoms with Gasteiger partial charge in [-0.25, -0.2) is 0 Å². The molecule has 0 amide bonds. The van der Waals surface area contributed by atoms with E-state index in [2.05, 4.69) is 11.5 Å². The average Bonchev–Trinajstić information content (AvgIpc) is 2.31. The predicted molar refractivity (Wildman–Crippen MR) is 67.4 cm³/mol. The highest BCUT2D eigenvalue weighted by Crippen LogP contribution is 2.38. The highest BCUT2D eigenvalue weighted by molar-refractivity contribution is 6.41. The van der Waals surface area contributed by atoms with E-state index in [1.165, 1.54) is 38.6 Å². The van der Waals surface area contributed by atoms with Gasteiger partial charge in [-0.15, -0.1) is 0 Å². The summed E-state index contributed by atoms with van der Waals surface area (Å²) in [5.41, 5.74) is 0. The van der Waals surface area contributed by atoms with Crippen LogP contribution in [-0.2, 0) is 8.85 Å². The molecule has 2 fully saturated rings. The van der Waals surface area contributed by atoms with E-state index in [0.717, 1.165) is 17.9 Å². The molecule has 1 aliphatic heterocycles. The van der Waals surface area contributed by atoms with E-state index in [-0.39, 0.29) is 0 Å². The lowest BCUT2D eigenvalue weighted by Crippen LogP contribution is -2.58. The minimum atomic E-state index is -1.57. The molecule has 0 bridgehead atoms. The standard InChI is InChI=1S/C12H25NO2Si/c1-10-6-4-7-11-8-5-9-13(12(10)11)16(14-2)15-3/h10-12,16H,4-9H2,1-3H3. The van der Waals surface area contributed by atoms with Gasteiger partial charge in [0, 0.05) is 20.3 Å². The van der Waals surface area contributed by atoms with Gasteiger partial charge in [-0.3, -0.25) is 4.57 Å². The Labute approximate surface area is 101 Å². The van der Waals surface area contributed by atoms with E-state index in [4.69, 9.17) is 8.85 Å². The van der Waals surface area contributed by atoms with Gasteiger partial charge in [-0.2, -0.15) is 0 Å². The van der Waals surface area contributed by atoms with Gasteiger partial charge in [0.05, 0.1) is 0 Å². The molecule has 1 aliphatic carbocycles. The molecular formula is C12H25NO2Si. The molecule has 1 heterocycles. The van der Waals surface area contributed by atoms with Crippen LogP contribution in [0.3, 0.4) is 0 Å². The van der Waals surface area contributed by atoms with Gasteiger partial charge in [0.2, 0.25) is 0 Å². The second-order valence-electron chi connectivity index (χ2n) is 5.32. The van der Waals surface area contributed by atoms with Gasteiger partial charge < -0.3 is 8.85 Å². The molecule has 94 valence electrons. The third-order valence-corrected chi connectivity index (χ3v) is 6.30. The molecule has 1 saturated carbocycles. The molecule has 0 aromatic rings. The Kier molecular flexibility index (Phi) is 4.41. The smallest absolute Gasteiger partial charge is 0.388 e. The number of hydrogen-bond donors (Lipinski definition) is 0. The number of rotatable bonds is 3. The molecule has 0 aromatic carbocycles. The van der Waals surface area contributed by atoms with Crippen LogP contribution < -0.4 is 0 Å². The summed E-state index contributed by atoms with van der Waals surface area (Å²) in [6.45, 7) is 3.59. The van der Waals surface area contributed by atoms with E-state index in [0.29, 0.717) is 0 Å². The minimum Gasteiger partial charge on any atom is -0.388 e. The van der Waals surface area contributed by atoms with Gasteiger partial charge in [-0.1, -0.05) is 13.3 Å². The maximum Gasteiger partial charge on any atom is 0.410 e. The van der Waals surface area contributed by atoms with Gasteiger partial charge >= 0.3 is 9.45 Å². The van der Waals surface area contributed by atoms with Crippen LogP contribution in [0.2, 0.25) is 0 Å². The van der Waals surface area contributed by atoms with Crippen molar-refractivity contribution < 1.29 is 8.85 Å². The Bertz CT molecular complexity index is 221. The second-order valence-corrected chi connectivity index (χ2v) is 7.54. The minimum absolute atomic E-state index is 0.735. The summed E-state index contributed by atoms with van der Waals surface area (Å²) in [4.78, 5) is 0. The van der Waals surface area contributed by atoms with E-state index in [1.807, 2.05) is 0 Å². The van der Waals surface area contributed by atoms with Crippen molar-refractivity contribution >= 4 is 9.45 Å². The Morgan fingerprint density at radius 3 is 2.44 bits per heavy atom. The van der Waals surface area contributed by atoms with Gasteiger partial charge in [0.1, 0.15) is 0 Å². The highest BCUT2D eigenvalue weighted by atomic mass is 28.3. The monoisotopic (exact) mass is 243 g/mol. The number of nitrogens with zero attached hydrogens (tertiary/aromatic N) is 1. The molecule has 1 saturated heterocycles. The Hall–Kier alpha value is 0.0969.